The number of alkyl halides is 3. The van der Waals surface area contributed by atoms with Crippen molar-refractivity contribution in [3.63, 3.8) is 0 Å². The zero-order chi connectivity index (χ0) is 30.9. The number of benzene rings is 3. The molecule has 1 saturated heterocycles. The number of carboxylic acids is 1. The van der Waals surface area contributed by atoms with Crippen LogP contribution in [0.2, 0.25) is 0 Å². The average molecular weight is 583 g/mol. The number of carbonyl (C=O) groups is 3. The van der Waals surface area contributed by atoms with E-state index >= 15 is 0 Å². The molecule has 1 aliphatic heterocycles. The lowest BCUT2D eigenvalue weighted by atomic mass is 9.96. The van der Waals surface area contributed by atoms with Crippen LogP contribution in [-0.2, 0) is 16.1 Å². The smallest absolute Gasteiger partial charge is 0.490 e. The van der Waals surface area contributed by atoms with Crippen molar-refractivity contribution >= 4 is 23.5 Å². The van der Waals surface area contributed by atoms with Gasteiger partial charge in [-0.25, -0.2) is 4.79 Å². The summed E-state index contributed by atoms with van der Waals surface area (Å²) >= 11 is 0. The number of ether oxygens (including phenoxy) is 1. The first-order chi connectivity index (χ1) is 19.9. The Balaban J connectivity index is 0.000000616. The highest BCUT2D eigenvalue weighted by molar-refractivity contribution is 6.04. The van der Waals surface area contributed by atoms with Gasteiger partial charge in [-0.3, -0.25) is 14.5 Å². The highest BCUT2D eigenvalue weighted by Gasteiger charge is 2.38. The molecule has 0 aliphatic carbocycles. The van der Waals surface area contributed by atoms with Crippen LogP contribution in [0.25, 0.3) is 11.1 Å². The van der Waals surface area contributed by atoms with E-state index in [4.69, 9.17) is 25.6 Å². The van der Waals surface area contributed by atoms with Gasteiger partial charge in [0.2, 0.25) is 5.91 Å². The molecule has 0 aromatic heterocycles. The van der Waals surface area contributed by atoms with Crippen molar-refractivity contribution in [2.24, 2.45) is 11.7 Å². The summed E-state index contributed by atoms with van der Waals surface area (Å²) in [5.74, 6) is -2.56. The van der Waals surface area contributed by atoms with E-state index in [1.165, 1.54) is 0 Å². The molecule has 0 saturated carbocycles. The van der Waals surface area contributed by atoms with Crippen molar-refractivity contribution in [3.05, 3.63) is 83.4 Å². The molecule has 3 aromatic rings. The minimum Gasteiger partial charge on any atom is -0.496 e. The number of rotatable bonds is 7. The predicted molar refractivity (Wildman–Crippen MR) is 148 cm³/mol. The molecule has 0 radical (unpaired) electrons. The molecule has 4 N–H and O–H groups in total. The molecule has 0 bridgehead atoms. The predicted octanol–water partition coefficient (Wildman–Crippen LogP) is 4.82. The fourth-order valence-corrected chi connectivity index (χ4v) is 4.43. The zero-order valence-electron chi connectivity index (χ0n) is 22.6. The molecule has 42 heavy (non-hydrogen) atoms. The van der Waals surface area contributed by atoms with Gasteiger partial charge < -0.3 is 20.9 Å². The van der Waals surface area contributed by atoms with E-state index in [1.54, 1.807) is 31.4 Å². The number of nitriles is 1. The molecule has 12 heteroatoms. The van der Waals surface area contributed by atoms with Gasteiger partial charge >= 0.3 is 12.1 Å². The number of nitrogens with two attached hydrogens (primary N) is 1. The second-order valence-corrected chi connectivity index (χ2v) is 9.53. The number of hydrogen-bond acceptors (Lipinski definition) is 6. The van der Waals surface area contributed by atoms with Gasteiger partial charge in [0.15, 0.2) is 0 Å². The third-order valence-corrected chi connectivity index (χ3v) is 6.55. The number of likely N-dealkylation sites (tertiary alicyclic amines) is 1. The minimum atomic E-state index is -5.08. The van der Waals surface area contributed by atoms with Crippen LogP contribution in [0.1, 0.15) is 34.3 Å². The van der Waals surface area contributed by atoms with Crippen LogP contribution in [0.15, 0.2) is 66.7 Å². The Morgan fingerprint density at radius 2 is 1.76 bits per heavy atom. The number of halogens is 3. The number of piperidine rings is 1. The second kappa shape index (κ2) is 14.1. The maximum atomic E-state index is 12.5. The summed E-state index contributed by atoms with van der Waals surface area (Å²) in [6.45, 7) is 2.26. The summed E-state index contributed by atoms with van der Waals surface area (Å²) in [6.07, 6.45) is -3.29. The van der Waals surface area contributed by atoms with E-state index < -0.39 is 12.1 Å². The van der Waals surface area contributed by atoms with Crippen LogP contribution < -0.4 is 15.8 Å². The van der Waals surface area contributed by atoms with Crippen molar-refractivity contribution < 1.29 is 37.4 Å². The zero-order valence-corrected chi connectivity index (χ0v) is 22.6. The average Bonchev–Trinajstić information content (AvgIpc) is 2.97. The van der Waals surface area contributed by atoms with Crippen LogP contribution in [0.5, 0.6) is 5.75 Å². The molecule has 1 unspecified atom stereocenters. The first-order valence-corrected chi connectivity index (χ1v) is 12.8. The van der Waals surface area contributed by atoms with Gasteiger partial charge in [0.25, 0.3) is 5.91 Å². The Morgan fingerprint density at radius 3 is 2.36 bits per heavy atom. The Bertz CT molecular complexity index is 1470. The normalized spacial score (nSPS) is 15.0. The van der Waals surface area contributed by atoms with Crippen LogP contribution in [-0.4, -0.2) is 54.2 Å². The van der Waals surface area contributed by atoms with Crippen molar-refractivity contribution in [1.29, 1.82) is 5.26 Å². The highest BCUT2D eigenvalue weighted by Crippen LogP contribution is 2.30. The molecule has 0 spiro atoms. The van der Waals surface area contributed by atoms with Crippen LogP contribution in [0.3, 0.4) is 0 Å². The Hall–Kier alpha value is -4.89. The maximum Gasteiger partial charge on any atom is 0.490 e. The van der Waals surface area contributed by atoms with Gasteiger partial charge in [-0.05, 0) is 73.0 Å². The number of primary amides is 1. The molecule has 4 rings (SSSR count). The number of anilines is 1. The molecule has 1 heterocycles. The lowest BCUT2D eigenvalue weighted by Gasteiger charge is -2.31. The van der Waals surface area contributed by atoms with E-state index in [0.717, 1.165) is 41.8 Å². The molecule has 1 aliphatic rings. The largest absolute Gasteiger partial charge is 0.496 e. The molecular weight excluding hydrogens is 553 g/mol. The molecule has 220 valence electrons. The Kier molecular flexibility index (Phi) is 10.6. The van der Waals surface area contributed by atoms with E-state index in [2.05, 4.69) is 16.3 Å². The lowest BCUT2D eigenvalue weighted by Crippen LogP contribution is -2.40. The van der Waals surface area contributed by atoms with Gasteiger partial charge in [-0.15, -0.1) is 0 Å². The van der Waals surface area contributed by atoms with Gasteiger partial charge in [0, 0.05) is 29.9 Å². The van der Waals surface area contributed by atoms with Crippen molar-refractivity contribution in [2.75, 3.05) is 25.5 Å². The quantitative estimate of drug-likeness (QED) is 0.362. The number of amides is 2. The summed E-state index contributed by atoms with van der Waals surface area (Å²) in [7, 11) is 1.66. The number of aliphatic carboxylic acids is 1. The SMILES string of the molecule is COc1ccc(-c2ccc(NC(=O)c3cccc(C#N)c3)cc2)cc1CN1CCCC(C(N)=O)C1.O=C(O)C(F)(F)F. The van der Waals surface area contributed by atoms with E-state index in [-0.39, 0.29) is 17.7 Å². The minimum absolute atomic E-state index is 0.108. The summed E-state index contributed by atoms with van der Waals surface area (Å²) in [5.41, 5.74) is 10.2. The summed E-state index contributed by atoms with van der Waals surface area (Å²) in [5, 5.41) is 19.0. The van der Waals surface area contributed by atoms with Gasteiger partial charge in [0.1, 0.15) is 5.75 Å². The third-order valence-electron chi connectivity index (χ3n) is 6.55. The summed E-state index contributed by atoms with van der Waals surface area (Å²) in [6, 6.07) is 22.3. The topological polar surface area (TPSA) is 146 Å². The molecule has 9 nitrogen and oxygen atoms in total. The summed E-state index contributed by atoms with van der Waals surface area (Å²) < 4.78 is 37.3. The number of nitrogens with zero attached hydrogens (tertiary/aromatic N) is 2. The van der Waals surface area contributed by atoms with Crippen molar-refractivity contribution in [1.82, 2.24) is 4.90 Å². The molecule has 3 aromatic carbocycles. The molecule has 2 amide bonds. The van der Waals surface area contributed by atoms with E-state index in [9.17, 15) is 22.8 Å². The number of nitrogens with one attached hydrogen (secondary N) is 1. The molecular formula is C30H29F3N4O5. The third kappa shape index (κ3) is 8.81. The maximum absolute atomic E-state index is 12.5. The second-order valence-electron chi connectivity index (χ2n) is 9.53. The summed E-state index contributed by atoms with van der Waals surface area (Å²) in [4.78, 5) is 35.3. The van der Waals surface area contributed by atoms with Crippen LogP contribution >= 0.6 is 0 Å². The lowest BCUT2D eigenvalue weighted by molar-refractivity contribution is -0.192. The fraction of sp³-hybridized carbons (Fsp3) is 0.267. The Morgan fingerprint density at radius 1 is 1.10 bits per heavy atom. The van der Waals surface area contributed by atoms with E-state index in [1.807, 2.05) is 42.5 Å². The standard InChI is InChI=1S/C28H28N4O3.C2HF3O2/c1-35-26-12-9-21(15-24(26)18-32-13-3-6-23(17-32)27(30)33)20-7-10-25(11-8-20)31-28(34)22-5-2-4-19(14-22)16-29;3-2(4,5)1(6)7/h2,4-5,7-12,14-15,23H,3,6,13,17-18H2,1H3,(H2,30,33)(H,31,34);(H,6,7). The number of methoxy groups -OCH3 is 1. The van der Waals surface area contributed by atoms with Crippen LogP contribution in [0, 0.1) is 17.2 Å². The van der Waals surface area contributed by atoms with Gasteiger partial charge in [0.05, 0.1) is 24.7 Å². The number of hydrogen-bond donors (Lipinski definition) is 3. The number of carboxylic acid groups (broad SMARTS) is 1. The number of carbonyl (C=O) groups excluding carboxylic acids is 2. The van der Waals surface area contributed by atoms with Gasteiger partial charge in [-0.2, -0.15) is 18.4 Å². The fourth-order valence-electron chi connectivity index (χ4n) is 4.43. The van der Waals surface area contributed by atoms with Crippen LogP contribution in [0.4, 0.5) is 18.9 Å². The van der Waals surface area contributed by atoms with Gasteiger partial charge in [-0.1, -0.05) is 24.3 Å². The van der Waals surface area contributed by atoms with Crippen molar-refractivity contribution in [2.45, 2.75) is 25.6 Å². The van der Waals surface area contributed by atoms with E-state index in [0.29, 0.717) is 29.9 Å². The first-order valence-electron chi connectivity index (χ1n) is 12.8. The monoisotopic (exact) mass is 582 g/mol. The Labute approximate surface area is 240 Å². The van der Waals surface area contributed by atoms with Crippen molar-refractivity contribution in [3.8, 4) is 22.9 Å². The first kappa shape index (κ1) is 31.6. The highest BCUT2D eigenvalue weighted by atomic mass is 19.4. The molecule has 1 fully saturated rings. The molecule has 1 atom stereocenters.